The van der Waals surface area contributed by atoms with Crippen molar-refractivity contribution >= 4 is 22.7 Å². The van der Waals surface area contributed by atoms with Crippen molar-refractivity contribution in [2.75, 3.05) is 31.9 Å². The van der Waals surface area contributed by atoms with Crippen LogP contribution in [0, 0.1) is 0 Å². The summed E-state index contributed by atoms with van der Waals surface area (Å²) in [6.45, 7) is -1.35. The Balaban J connectivity index is 1.83. The molecule has 3 rings (SSSR count). The molecule has 0 saturated carbocycles. The predicted molar refractivity (Wildman–Crippen MR) is 100 cm³/mol. The topological polar surface area (TPSA) is 104 Å². The van der Waals surface area contributed by atoms with Gasteiger partial charge in [0.1, 0.15) is 5.82 Å². The van der Waals surface area contributed by atoms with Crippen LogP contribution in [0.1, 0.15) is 5.56 Å². The molecule has 0 aliphatic rings. The minimum atomic E-state index is -4.46. The molecule has 0 saturated heterocycles. The van der Waals surface area contributed by atoms with E-state index in [9.17, 15) is 13.2 Å². The Morgan fingerprint density at radius 2 is 1.83 bits per heavy atom. The zero-order valence-electron chi connectivity index (χ0n) is 15.6. The molecule has 3 aromatic rings. The second kappa shape index (κ2) is 8.25. The third-order valence-electron chi connectivity index (χ3n) is 3.89. The third kappa shape index (κ3) is 4.86. The number of pyridine rings is 1. The van der Waals surface area contributed by atoms with Gasteiger partial charge in [-0.2, -0.15) is 18.2 Å². The molecule has 8 nitrogen and oxygen atoms in total. The van der Waals surface area contributed by atoms with Crippen molar-refractivity contribution in [3.8, 4) is 17.4 Å². The molecule has 11 heteroatoms. The number of nitrogens with two attached hydrogens (primary N) is 1. The molecule has 2 aromatic heterocycles. The highest BCUT2D eigenvalue weighted by molar-refractivity contribution is 5.91. The van der Waals surface area contributed by atoms with Gasteiger partial charge in [0, 0.05) is 29.8 Å². The molecule has 0 unspecified atom stereocenters. The van der Waals surface area contributed by atoms with Crippen LogP contribution in [0.15, 0.2) is 30.5 Å². The summed E-state index contributed by atoms with van der Waals surface area (Å²) >= 11 is 0. The number of anilines is 2. The van der Waals surface area contributed by atoms with Crippen LogP contribution in [0.2, 0.25) is 0 Å². The smallest absolute Gasteiger partial charge is 0.422 e. The van der Waals surface area contributed by atoms with Crippen molar-refractivity contribution in [1.29, 1.82) is 0 Å². The Kier molecular flexibility index (Phi) is 5.76. The van der Waals surface area contributed by atoms with Crippen molar-refractivity contribution < 1.29 is 27.4 Å². The van der Waals surface area contributed by atoms with Gasteiger partial charge in [-0.3, -0.25) is 0 Å². The van der Waals surface area contributed by atoms with Gasteiger partial charge in [0.25, 0.3) is 0 Å². The average molecular weight is 409 g/mol. The summed E-state index contributed by atoms with van der Waals surface area (Å²) in [6.07, 6.45) is -3.11. The van der Waals surface area contributed by atoms with Gasteiger partial charge in [0.2, 0.25) is 11.8 Å². The van der Waals surface area contributed by atoms with E-state index in [0.717, 1.165) is 0 Å². The van der Waals surface area contributed by atoms with Gasteiger partial charge in [-0.15, -0.1) is 0 Å². The third-order valence-corrected chi connectivity index (χ3v) is 3.89. The fourth-order valence-electron chi connectivity index (χ4n) is 2.57. The van der Waals surface area contributed by atoms with Crippen LogP contribution in [0.25, 0.3) is 10.9 Å². The molecular weight excluding hydrogens is 391 g/mol. The van der Waals surface area contributed by atoms with Gasteiger partial charge in [-0.1, -0.05) is 6.07 Å². The lowest BCUT2D eigenvalue weighted by Crippen LogP contribution is -2.20. The van der Waals surface area contributed by atoms with Gasteiger partial charge >= 0.3 is 6.18 Å². The van der Waals surface area contributed by atoms with Gasteiger partial charge in [0.15, 0.2) is 18.1 Å². The van der Waals surface area contributed by atoms with E-state index in [-0.39, 0.29) is 24.2 Å². The Morgan fingerprint density at radius 3 is 2.52 bits per heavy atom. The Hall–Kier alpha value is -3.50. The summed E-state index contributed by atoms with van der Waals surface area (Å²) in [4.78, 5) is 12.4. The van der Waals surface area contributed by atoms with E-state index in [1.165, 1.54) is 20.4 Å². The van der Waals surface area contributed by atoms with Gasteiger partial charge in [0.05, 0.1) is 19.7 Å². The first-order chi connectivity index (χ1) is 13.8. The number of fused-ring (bicyclic) bond motifs is 1. The number of nitrogens with one attached hydrogen (secondary N) is 1. The summed E-state index contributed by atoms with van der Waals surface area (Å²) in [5.74, 6) is 1.22. The van der Waals surface area contributed by atoms with E-state index in [2.05, 4.69) is 20.3 Å². The Morgan fingerprint density at radius 1 is 1.10 bits per heavy atom. The fraction of sp³-hybridized carbons (Fsp3) is 0.278. The molecule has 0 radical (unpaired) electrons. The van der Waals surface area contributed by atoms with E-state index in [4.69, 9.17) is 19.9 Å². The van der Waals surface area contributed by atoms with Crippen LogP contribution < -0.4 is 25.3 Å². The Labute approximate surface area is 163 Å². The first kappa shape index (κ1) is 20.2. The van der Waals surface area contributed by atoms with Gasteiger partial charge < -0.3 is 25.3 Å². The SMILES string of the molecule is COc1cc2nc(NCc3cccnc3OCC(F)(F)F)nc(N)c2cc1OC. The lowest BCUT2D eigenvalue weighted by molar-refractivity contribution is -0.154. The number of alkyl halides is 3. The van der Waals surface area contributed by atoms with Crippen LogP contribution in [0.5, 0.6) is 17.4 Å². The summed E-state index contributed by atoms with van der Waals surface area (Å²) in [7, 11) is 3.00. The molecule has 29 heavy (non-hydrogen) atoms. The minimum absolute atomic E-state index is 0.0826. The molecule has 0 bridgehead atoms. The number of hydrogen-bond donors (Lipinski definition) is 2. The van der Waals surface area contributed by atoms with Crippen molar-refractivity contribution in [3.05, 3.63) is 36.0 Å². The second-order valence-electron chi connectivity index (χ2n) is 5.88. The van der Waals surface area contributed by atoms with Crippen molar-refractivity contribution in [2.24, 2.45) is 0 Å². The van der Waals surface area contributed by atoms with E-state index in [1.807, 2.05) is 0 Å². The van der Waals surface area contributed by atoms with Crippen LogP contribution in [-0.4, -0.2) is 42.0 Å². The Bertz CT molecular complexity index is 1010. The maximum Gasteiger partial charge on any atom is 0.422 e. The number of methoxy groups -OCH3 is 2. The van der Waals surface area contributed by atoms with Crippen molar-refractivity contribution in [3.63, 3.8) is 0 Å². The normalized spacial score (nSPS) is 11.3. The first-order valence-corrected chi connectivity index (χ1v) is 8.37. The highest BCUT2D eigenvalue weighted by atomic mass is 19.4. The summed E-state index contributed by atoms with van der Waals surface area (Å²) in [5.41, 5.74) is 6.94. The minimum Gasteiger partial charge on any atom is -0.493 e. The average Bonchev–Trinajstić information content (AvgIpc) is 2.69. The number of rotatable bonds is 7. The molecule has 0 spiro atoms. The summed E-state index contributed by atoms with van der Waals surface area (Å²) in [5, 5.41) is 3.49. The van der Waals surface area contributed by atoms with Crippen LogP contribution in [0.4, 0.5) is 24.9 Å². The zero-order chi connectivity index (χ0) is 21.0. The lowest BCUT2D eigenvalue weighted by atomic mass is 10.2. The maximum atomic E-state index is 12.4. The highest BCUT2D eigenvalue weighted by Crippen LogP contribution is 2.33. The van der Waals surface area contributed by atoms with E-state index in [1.54, 1.807) is 24.3 Å². The fourth-order valence-corrected chi connectivity index (χ4v) is 2.57. The molecule has 2 heterocycles. The van der Waals surface area contributed by atoms with Crippen LogP contribution in [0.3, 0.4) is 0 Å². The number of hydrogen-bond acceptors (Lipinski definition) is 8. The van der Waals surface area contributed by atoms with Crippen molar-refractivity contribution in [1.82, 2.24) is 15.0 Å². The largest absolute Gasteiger partial charge is 0.493 e. The maximum absolute atomic E-state index is 12.4. The van der Waals surface area contributed by atoms with Crippen LogP contribution >= 0.6 is 0 Å². The number of nitrogens with zero attached hydrogens (tertiary/aromatic N) is 3. The predicted octanol–water partition coefficient (Wildman–Crippen LogP) is 3.18. The van der Waals surface area contributed by atoms with E-state index in [0.29, 0.717) is 28.0 Å². The van der Waals surface area contributed by atoms with E-state index >= 15 is 0 Å². The van der Waals surface area contributed by atoms with Crippen LogP contribution in [-0.2, 0) is 6.54 Å². The monoisotopic (exact) mass is 409 g/mol. The number of nitrogen functional groups attached to an aromatic ring is 1. The van der Waals surface area contributed by atoms with Crippen molar-refractivity contribution in [2.45, 2.75) is 12.7 Å². The molecule has 154 valence electrons. The molecule has 3 N–H and O–H groups in total. The molecule has 0 aliphatic heterocycles. The van der Waals surface area contributed by atoms with Gasteiger partial charge in [-0.25, -0.2) is 9.97 Å². The number of halogens is 3. The molecular formula is C18H18F3N5O3. The molecule has 1 aromatic carbocycles. The standard InChI is InChI=1S/C18H18F3N5O3/c1-27-13-6-11-12(7-14(13)28-2)25-17(26-15(11)22)24-8-10-4-3-5-23-16(10)29-9-18(19,20)21/h3-7H,8-9H2,1-2H3,(H3,22,24,25,26). The zero-order valence-corrected chi connectivity index (χ0v) is 15.6. The molecule has 0 amide bonds. The molecule has 0 fully saturated rings. The first-order valence-electron chi connectivity index (χ1n) is 8.37. The highest BCUT2D eigenvalue weighted by Gasteiger charge is 2.29. The lowest BCUT2D eigenvalue weighted by Gasteiger charge is -2.13. The molecule has 0 aliphatic carbocycles. The number of aromatic nitrogens is 3. The molecule has 0 atom stereocenters. The summed E-state index contributed by atoms with van der Waals surface area (Å²) in [6, 6.07) is 6.49. The van der Waals surface area contributed by atoms with E-state index < -0.39 is 12.8 Å². The number of benzene rings is 1. The number of ether oxygens (including phenoxy) is 3. The van der Waals surface area contributed by atoms with Gasteiger partial charge in [-0.05, 0) is 12.1 Å². The quantitative estimate of drug-likeness (QED) is 0.613. The second-order valence-corrected chi connectivity index (χ2v) is 5.88. The summed E-state index contributed by atoms with van der Waals surface area (Å²) < 4.78 is 52.5.